The van der Waals surface area contributed by atoms with E-state index in [-0.39, 0.29) is 36.6 Å². The number of aliphatic hydroxyl groups is 2. The van der Waals surface area contributed by atoms with Crippen molar-refractivity contribution >= 4 is 16.7 Å². The van der Waals surface area contributed by atoms with Crippen LogP contribution in [-0.2, 0) is 0 Å². The molecule has 1 amide bonds. The van der Waals surface area contributed by atoms with E-state index < -0.39 is 5.60 Å². The lowest BCUT2D eigenvalue weighted by Crippen LogP contribution is -2.42. The predicted octanol–water partition coefficient (Wildman–Crippen LogP) is 3.01. The molecule has 1 fully saturated rings. The van der Waals surface area contributed by atoms with Gasteiger partial charge in [0.05, 0.1) is 18.2 Å². The topological polar surface area (TPSA) is 91.6 Å². The normalized spacial score (nSPS) is 17.8. The SMILES string of the molecule is CC(C)C(CO)n1ccc2c(C(=O)NCC3(O)CCCCCC3)cccc2c1=O. The molecule has 0 spiro atoms. The van der Waals surface area contributed by atoms with Gasteiger partial charge in [-0.05, 0) is 37.0 Å². The number of aromatic nitrogens is 1. The fourth-order valence-corrected chi connectivity index (χ4v) is 4.28. The molecule has 1 aliphatic carbocycles. The van der Waals surface area contributed by atoms with Gasteiger partial charge in [-0.1, -0.05) is 45.6 Å². The van der Waals surface area contributed by atoms with E-state index >= 15 is 0 Å². The van der Waals surface area contributed by atoms with Crippen LogP contribution < -0.4 is 10.9 Å². The first-order valence-corrected chi connectivity index (χ1v) is 10.6. The zero-order valence-electron chi connectivity index (χ0n) is 17.4. The number of nitrogens with zero attached hydrogens (tertiary/aromatic N) is 1. The lowest BCUT2D eigenvalue weighted by atomic mass is 9.94. The summed E-state index contributed by atoms with van der Waals surface area (Å²) in [6, 6.07) is 6.56. The fraction of sp³-hybridized carbons (Fsp3) is 0.565. The highest BCUT2D eigenvalue weighted by atomic mass is 16.3. The molecule has 0 radical (unpaired) electrons. The molecule has 0 saturated heterocycles. The molecule has 2 aromatic rings. The Labute approximate surface area is 171 Å². The highest BCUT2D eigenvalue weighted by Gasteiger charge is 2.28. The van der Waals surface area contributed by atoms with Crippen LogP contribution in [0.4, 0.5) is 0 Å². The summed E-state index contributed by atoms with van der Waals surface area (Å²) in [4.78, 5) is 25.8. The Kier molecular flexibility index (Phi) is 6.75. The molecule has 3 N–H and O–H groups in total. The molecule has 1 aromatic carbocycles. The Morgan fingerprint density at radius 1 is 1.14 bits per heavy atom. The summed E-state index contributed by atoms with van der Waals surface area (Å²) in [6.07, 6.45) is 7.25. The first-order chi connectivity index (χ1) is 13.9. The van der Waals surface area contributed by atoms with Crippen molar-refractivity contribution < 1.29 is 15.0 Å². The van der Waals surface area contributed by atoms with Crippen LogP contribution in [0.5, 0.6) is 0 Å². The van der Waals surface area contributed by atoms with Gasteiger partial charge >= 0.3 is 0 Å². The third-order valence-corrected chi connectivity index (χ3v) is 6.14. The fourth-order valence-electron chi connectivity index (χ4n) is 4.28. The predicted molar refractivity (Wildman–Crippen MR) is 114 cm³/mol. The second-order valence-corrected chi connectivity index (χ2v) is 8.61. The number of rotatable bonds is 6. The number of carbonyl (C=O) groups excluding carboxylic acids is 1. The second kappa shape index (κ2) is 9.09. The lowest BCUT2D eigenvalue weighted by Gasteiger charge is -2.27. The first-order valence-electron chi connectivity index (χ1n) is 10.6. The van der Waals surface area contributed by atoms with Crippen LogP contribution in [0.25, 0.3) is 10.8 Å². The zero-order chi connectivity index (χ0) is 21.0. The third kappa shape index (κ3) is 4.70. The van der Waals surface area contributed by atoms with Crippen molar-refractivity contribution in [1.29, 1.82) is 0 Å². The van der Waals surface area contributed by atoms with Gasteiger partial charge in [0, 0.05) is 29.1 Å². The molecule has 1 heterocycles. The highest BCUT2D eigenvalue weighted by Crippen LogP contribution is 2.26. The van der Waals surface area contributed by atoms with Gasteiger partial charge in [0.15, 0.2) is 0 Å². The van der Waals surface area contributed by atoms with E-state index in [0.717, 1.165) is 25.7 Å². The maximum absolute atomic E-state index is 13.0. The molecule has 29 heavy (non-hydrogen) atoms. The smallest absolute Gasteiger partial charge is 0.258 e. The van der Waals surface area contributed by atoms with Gasteiger partial charge in [0.25, 0.3) is 11.5 Å². The molecular formula is C23H32N2O4. The van der Waals surface area contributed by atoms with Crippen LogP contribution in [0.1, 0.15) is 68.8 Å². The Morgan fingerprint density at radius 2 is 1.83 bits per heavy atom. The van der Waals surface area contributed by atoms with Crippen LogP contribution in [-0.4, -0.2) is 39.4 Å². The molecule has 1 unspecified atom stereocenters. The van der Waals surface area contributed by atoms with E-state index in [4.69, 9.17) is 0 Å². The number of amides is 1. The first kappa shape index (κ1) is 21.5. The number of fused-ring (bicyclic) bond motifs is 1. The van der Waals surface area contributed by atoms with Crippen molar-refractivity contribution in [2.75, 3.05) is 13.2 Å². The Morgan fingerprint density at radius 3 is 2.45 bits per heavy atom. The number of benzene rings is 1. The molecule has 1 atom stereocenters. The number of nitrogens with one attached hydrogen (secondary N) is 1. The summed E-state index contributed by atoms with van der Waals surface area (Å²) < 4.78 is 1.54. The van der Waals surface area contributed by atoms with Gasteiger partial charge < -0.3 is 20.1 Å². The van der Waals surface area contributed by atoms with Crippen LogP contribution in [0.2, 0.25) is 0 Å². The number of hydrogen-bond acceptors (Lipinski definition) is 4. The van der Waals surface area contributed by atoms with Crippen molar-refractivity contribution in [2.24, 2.45) is 5.92 Å². The second-order valence-electron chi connectivity index (χ2n) is 8.61. The standard InChI is InChI=1S/C23H32N2O4/c1-16(2)20(14-26)25-13-10-17-18(8-7-9-19(17)22(25)28)21(27)24-15-23(29)11-5-3-4-6-12-23/h7-10,13,16,20,26,29H,3-6,11-12,14-15H2,1-2H3,(H,24,27). The minimum absolute atomic E-state index is 0.0990. The van der Waals surface area contributed by atoms with E-state index in [1.54, 1.807) is 35.0 Å². The average Bonchev–Trinajstić information content (AvgIpc) is 2.93. The lowest BCUT2D eigenvalue weighted by molar-refractivity contribution is 0.0247. The van der Waals surface area contributed by atoms with Crippen LogP contribution >= 0.6 is 0 Å². The average molecular weight is 401 g/mol. The van der Waals surface area contributed by atoms with Gasteiger partial charge in [-0.15, -0.1) is 0 Å². The summed E-state index contributed by atoms with van der Waals surface area (Å²) >= 11 is 0. The molecule has 1 saturated carbocycles. The Balaban J connectivity index is 1.87. The van der Waals surface area contributed by atoms with E-state index in [1.807, 2.05) is 13.8 Å². The maximum Gasteiger partial charge on any atom is 0.258 e. The van der Waals surface area contributed by atoms with Crippen LogP contribution in [0.15, 0.2) is 35.3 Å². The molecule has 3 rings (SSSR count). The quantitative estimate of drug-likeness (QED) is 0.650. The largest absolute Gasteiger partial charge is 0.394 e. The summed E-state index contributed by atoms with van der Waals surface area (Å²) in [6.45, 7) is 4.01. The number of pyridine rings is 1. The molecule has 0 bridgehead atoms. The molecule has 1 aliphatic rings. The molecular weight excluding hydrogens is 368 g/mol. The summed E-state index contributed by atoms with van der Waals surface area (Å²) in [7, 11) is 0. The maximum atomic E-state index is 13.0. The van der Waals surface area contributed by atoms with Gasteiger partial charge in [0.1, 0.15) is 0 Å². The zero-order valence-corrected chi connectivity index (χ0v) is 17.4. The Hall–Kier alpha value is -2.18. The molecule has 6 heteroatoms. The van der Waals surface area contributed by atoms with E-state index in [2.05, 4.69) is 5.32 Å². The number of carbonyl (C=O) groups is 1. The van der Waals surface area contributed by atoms with Gasteiger partial charge in [-0.25, -0.2) is 0 Å². The minimum Gasteiger partial charge on any atom is -0.394 e. The molecule has 158 valence electrons. The van der Waals surface area contributed by atoms with E-state index in [1.165, 1.54) is 0 Å². The molecule has 1 aromatic heterocycles. The molecule has 0 aliphatic heterocycles. The van der Waals surface area contributed by atoms with Crippen molar-refractivity contribution in [2.45, 2.75) is 64.0 Å². The van der Waals surface area contributed by atoms with Gasteiger partial charge in [-0.3, -0.25) is 9.59 Å². The van der Waals surface area contributed by atoms with Gasteiger partial charge in [0.2, 0.25) is 0 Å². The van der Waals surface area contributed by atoms with E-state index in [9.17, 15) is 19.8 Å². The highest BCUT2D eigenvalue weighted by molar-refractivity contribution is 6.06. The third-order valence-electron chi connectivity index (χ3n) is 6.14. The van der Waals surface area contributed by atoms with Crippen LogP contribution in [0, 0.1) is 5.92 Å². The van der Waals surface area contributed by atoms with Crippen molar-refractivity contribution in [3.05, 3.63) is 46.4 Å². The minimum atomic E-state index is -0.852. The van der Waals surface area contributed by atoms with Gasteiger partial charge in [-0.2, -0.15) is 0 Å². The molecule has 6 nitrogen and oxygen atoms in total. The monoisotopic (exact) mass is 400 g/mol. The van der Waals surface area contributed by atoms with Crippen LogP contribution in [0.3, 0.4) is 0 Å². The van der Waals surface area contributed by atoms with E-state index in [0.29, 0.717) is 29.2 Å². The van der Waals surface area contributed by atoms with Crippen molar-refractivity contribution in [1.82, 2.24) is 9.88 Å². The Bertz CT molecular complexity index is 911. The number of hydrogen-bond donors (Lipinski definition) is 3. The summed E-state index contributed by atoms with van der Waals surface area (Å²) in [5.74, 6) is -0.185. The van der Waals surface area contributed by atoms with Crippen molar-refractivity contribution in [3.8, 4) is 0 Å². The van der Waals surface area contributed by atoms with Crippen molar-refractivity contribution in [3.63, 3.8) is 0 Å². The summed E-state index contributed by atoms with van der Waals surface area (Å²) in [5, 5.41) is 24.4. The number of aliphatic hydroxyl groups excluding tert-OH is 1. The summed E-state index contributed by atoms with van der Waals surface area (Å²) in [5.41, 5.74) is -0.643.